The van der Waals surface area contributed by atoms with E-state index >= 15 is 0 Å². The van der Waals surface area contributed by atoms with Crippen molar-refractivity contribution in [3.63, 3.8) is 0 Å². The van der Waals surface area contributed by atoms with Gasteiger partial charge in [0.1, 0.15) is 5.82 Å². The second-order valence-corrected chi connectivity index (χ2v) is 7.58. The summed E-state index contributed by atoms with van der Waals surface area (Å²) in [7, 11) is 4.22. The molecule has 7 nitrogen and oxygen atoms in total. The highest BCUT2D eigenvalue weighted by Crippen LogP contribution is 2.24. The van der Waals surface area contributed by atoms with E-state index in [2.05, 4.69) is 33.8 Å². The first-order valence-corrected chi connectivity index (χ1v) is 9.35. The molecule has 1 aromatic heterocycles. The minimum absolute atomic E-state index is 0.186. The van der Waals surface area contributed by atoms with Crippen molar-refractivity contribution in [2.45, 2.75) is 37.8 Å². The van der Waals surface area contributed by atoms with Crippen molar-refractivity contribution in [1.29, 1.82) is 0 Å². The molecule has 3 heterocycles. The number of rotatable bonds is 4. The van der Waals surface area contributed by atoms with E-state index in [-0.39, 0.29) is 18.6 Å². The maximum Gasteiger partial charge on any atom is 0.227 e. The van der Waals surface area contributed by atoms with E-state index in [0.717, 1.165) is 63.6 Å². The molecule has 0 spiro atoms. The van der Waals surface area contributed by atoms with Gasteiger partial charge >= 0.3 is 0 Å². The van der Waals surface area contributed by atoms with Crippen molar-refractivity contribution in [3.05, 3.63) is 12.3 Å². The molecule has 25 heavy (non-hydrogen) atoms. The van der Waals surface area contributed by atoms with Gasteiger partial charge in [-0.3, -0.25) is 0 Å². The van der Waals surface area contributed by atoms with Crippen LogP contribution in [-0.2, 0) is 0 Å². The zero-order chi connectivity index (χ0) is 17.8. The number of hydrogen-bond acceptors (Lipinski definition) is 7. The third kappa shape index (κ3) is 4.59. The molecular weight excluding hydrogens is 318 g/mol. The van der Waals surface area contributed by atoms with Crippen molar-refractivity contribution >= 4 is 11.8 Å². The first kappa shape index (κ1) is 18.4. The topological polar surface area (TPSA) is 76.0 Å². The SMILES string of the molecule is CN(C)[C@@H]1CC[C@H](CO)CN(c2nccc(N3CCC(O)CC3)n2)C1. The Morgan fingerprint density at radius 1 is 1.12 bits per heavy atom. The third-order valence-corrected chi connectivity index (χ3v) is 5.51. The lowest BCUT2D eigenvalue weighted by atomic mass is 10.0. The maximum absolute atomic E-state index is 9.71. The molecule has 0 amide bonds. The number of likely N-dealkylation sites (N-methyl/N-ethyl adjacent to an activating group) is 1. The van der Waals surface area contributed by atoms with Gasteiger partial charge in [-0.15, -0.1) is 0 Å². The highest BCUT2D eigenvalue weighted by Gasteiger charge is 2.27. The first-order valence-electron chi connectivity index (χ1n) is 9.35. The summed E-state index contributed by atoms with van der Waals surface area (Å²) >= 11 is 0. The van der Waals surface area contributed by atoms with Crippen molar-refractivity contribution in [1.82, 2.24) is 14.9 Å². The molecule has 0 saturated carbocycles. The van der Waals surface area contributed by atoms with Crippen LogP contribution in [0.5, 0.6) is 0 Å². The Kier molecular flexibility index (Phi) is 6.09. The lowest BCUT2D eigenvalue weighted by molar-refractivity contribution is 0.145. The Balaban J connectivity index is 1.77. The molecule has 2 saturated heterocycles. The van der Waals surface area contributed by atoms with Crippen LogP contribution in [0.3, 0.4) is 0 Å². The van der Waals surface area contributed by atoms with Gasteiger partial charge in [-0.2, -0.15) is 4.98 Å². The molecule has 0 aromatic carbocycles. The summed E-state index contributed by atoms with van der Waals surface area (Å²) in [6.45, 7) is 3.55. The molecule has 0 bridgehead atoms. The van der Waals surface area contributed by atoms with E-state index in [1.165, 1.54) is 0 Å². The lowest BCUT2D eigenvalue weighted by Crippen LogP contribution is -2.41. The van der Waals surface area contributed by atoms with Gasteiger partial charge in [-0.05, 0) is 51.8 Å². The Morgan fingerprint density at radius 3 is 2.56 bits per heavy atom. The fraction of sp³-hybridized carbons (Fsp3) is 0.778. The van der Waals surface area contributed by atoms with Crippen LogP contribution < -0.4 is 9.80 Å². The van der Waals surface area contributed by atoms with Crippen molar-refractivity contribution in [2.24, 2.45) is 5.92 Å². The molecule has 2 aliphatic heterocycles. The quantitative estimate of drug-likeness (QED) is 0.823. The molecule has 0 radical (unpaired) electrons. The molecule has 3 rings (SSSR count). The van der Waals surface area contributed by atoms with E-state index in [0.29, 0.717) is 6.04 Å². The normalized spacial score (nSPS) is 26.1. The number of aliphatic hydroxyl groups excluding tert-OH is 2. The van der Waals surface area contributed by atoms with E-state index in [9.17, 15) is 10.2 Å². The monoisotopic (exact) mass is 349 g/mol. The van der Waals surface area contributed by atoms with Crippen LogP contribution in [0.1, 0.15) is 25.7 Å². The number of anilines is 2. The average Bonchev–Trinajstić information content (AvgIpc) is 2.85. The van der Waals surface area contributed by atoms with Crippen LogP contribution in [-0.4, -0.2) is 84.1 Å². The van der Waals surface area contributed by atoms with Gasteiger partial charge in [0.05, 0.1) is 6.10 Å². The fourth-order valence-electron chi connectivity index (χ4n) is 3.75. The standard InChI is InChI=1S/C18H31N5O2/c1-21(2)15-4-3-14(13-24)11-23(12-15)18-19-8-5-17(20-18)22-9-6-16(25)7-10-22/h5,8,14-16,24-25H,3-4,6-7,9-13H2,1-2H3/t14-,15+/m0/s1. The van der Waals surface area contributed by atoms with Gasteiger partial charge in [0.25, 0.3) is 0 Å². The molecule has 7 heteroatoms. The molecule has 0 aliphatic carbocycles. The van der Waals surface area contributed by atoms with Crippen LogP contribution in [0, 0.1) is 5.92 Å². The first-order chi connectivity index (χ1) is 12.1. The molecular formula is C18H31N5O2. The summed E-state index contributed by atoms with van der Waals surface area (Å²) in [5.74, 6) is 1.95. The second-order valence-electron chi connectivity index (χ2n) is 7.58. The minimum atomic E-state index is -0.186. The second kappa shape index (κ2) is 8.29. The van der Waals surface area contributed by atoms with Crippen molar-refractivity contribution in [2.75, 3.05) is 56.7 Å². The van der Waals surface area contributed by atoms with Gasteiger partial charge in [0.15, 0.2) is 0 Å². The molecule has 2 fully saturated rings. The molecule has 1 aromatic rings. The third-order valence-electron chi connectivity index (χ3n) is 5.51. The van der Waals surface area contributed by atoms with Gasteiger partial charge < -0.3 is 24.9 Å². The van der Waals surface area contributed by atoms with Crippen molar-refractivity contribution in [3.8, 4) is 0 Å². The predicted molar refractivity (Wildman–Crippen MR) is 99.0 cm³/mol. The summed E-state index contributed by atoms with van der Waals surface area (Å²) in [5, 5.41) is 19.4. The number of hydrogen-bond donors (Lipinski definition) is 2. The van der Waals surface area contributed by atoms with Crippen LogP contribution in [0.2, 0.25) is 0 Å². The summed E-state index contributed by atoms with van der Waals surface area (Å²) in [4.78, 5) is 16.0. The zero-order valence-electron chi connectivity index (χ0n) is 15.4. The molecule has 2 N–H and O–H groups in total. The van der Waals surface area contributed by atoms with Crippen LogP contribution in [0.25, 0.3) is 0 Å². The molecule has 2 aliphatic rings. The Bertz CT molecular complexity index is 548. The van der Waals surface area contributed by atoms with Crippen LogP contribution in [0.15, 0.2) is 12.3 Å². The Labute approximate surface area is 150 Å². The highest BCUT2D eigenvalue weighted by molar-refractivity contribution is 5.44. The lowest BCUT2D eigenvalue weighted by Gasteiger charge is -2.32. The number of nitrogens with zero attached hydrogens (tertiary/aromatic N) is 5. The van der Waals surface area contributed by atoms with Gasteiger partial charge in [0, 0.05) is 45.0 Å². The van der Waals surface area contributed by atoms with Crippen LogP contribution >= 0.6 is 0 Å². The highest BCUT2D eigenvalue weighted by atomic mass is 16.3. The smallest absolute Gasteiger partial charge is 0.227 e. The number of aliphatic hydroxyl groups is 2. The molecule has 140 valence electrons. The average molecular weight is 349 g/mol. The van der Waals surface area contributed by atoms with E-state index in [1.54, 1.807) is 0 Å². The predicted octanol–water partition coefficient (Wildman–Crippen LogP) is 0.577. The zero-order valence-corrected chi connectivity index (χ0v) is 15.4. The fourth-order valence-corrected chi connectivity index (χ4v) is 3.75. The largest absolute Gasteiger partial charge is 0.396 e. The van der Waals surface area contributed by atoms with E-state index in [4.69, 9.17) is 4.98 Å². The Morgan fingerprint density at radius 2 is 1.88 bits per heavy atom. The van der Waals surface area contributed by atoms with E-state index in [1.807, 2.05) is 12.3 Å². The molecule has 0 unspecified atom stereocenters. The number of aromatic nitrogens is 2. The maximum atomic E-state index is 9.71. The van der Waals surface area contributed by atoms with Crippen molar-refractivity contribution < 1.29 is 10.2 Å². The van der Waals surface area contributed by atoms with E-state index < -0.39 is 0 Å². The number of piperidine rings is 1. The molecule has 2 atom stereocenters. The minimum Gasteiger partial charge on any atom is -0.396 e. The van der Waals surface area contributed by atoms with Gasteiger partial charge in [-0.25, -0.2) is 4.98 Å². The summed E-state index contributed by atoms with van der Waals surface area (Å²) in [5.41, 5.74) is 0. The van der Waals surface area contributed by atoms with Gasteiger partial charge in [0.2, 0.25) is 5.95 Å². The Hall–Kier alpha value is -1.44. The summed E-state index contributed by atoms with van der Waals surface area (Å²) in [6.07, 6.45) is 5.33. The summed E-state index contributed by atoms with van der Waals surface area (Å²) in [6, 6.07) is 2.39. The van der Waals surface area contributed by atoms with Gasteiger partial charge in [-0.1, -0.05) is 0 Å². The van der Waals surface area contributed by atoms with Crippen LogP contribution in [0.4, 0.5) is 11.8 Å². The summed E-state index contributed by atoms with van der Waals surface area (Å²) < 4.78 is 0.